The lowest BCUT2D eigenvalue weighted by molar-refractivity contribution is -0.146. The number of aryl methyl sites for hydroxylation is 1. The zero-order chi connectivity index (χ0) is 32.6. The lowest BCUT2D eigenvalue weighted by Crippen LogP contribution is -2.51. The molecule has 0 bridgehead atoms. The Morgan fingerprint density at radius 2 is 1.75 bits per heavy atom. The third kappa shape index (κ3) is 7.27. The highest BCUT2D eigenvalue weighted by Crippen LogP contribution is 2.44. The van der Waals surface area contributed by atoms with Gasteiger partial charge in [0.25, 0.3) is 5.54 Å². The maximum absolute atomic E-state index is 14.0. The third-order valence-corrected chi connectivity index (χ3v) is 9.90. The van der Waals surface area contributed by atoms with Crippen molar-refractivity contribution in [3.05, 3.63) is 52.5 Å². The van der Waals surface area contributed by atoms with Crippen molar-refractivity contribution in [3.63, 3.8) is 0 Å². The molecule has 2 aromatic rings. The summed E-state index contributed by atoms with van der Waals surface area (Å²) >= 11 is 1.54. The van der Waals surface area contributed by atoms with Gasteiger partial charge in [-0.3, -0.25) is 19.2 Å². The van der Waals surface area contributed by atoms with Gasteiger partial charge in [-0.25, -0.2) is 11.6 Å². The summed E-state index contributed by atoms with van der Waals surface area (Å²) in [7, 11) is 0. The molecule has 1 saturated heterocycles. The highest BCUT2D eigenvalue weighted by Gasteiger charge is 2.59. The number of aliphatic hydroxyl groups excluding tert-OH is 1. The Morgan fingerprint density at radius 3 is 2.25 bits per heavy atom. The Hall–Kier alpha value is -3.42. The van der Waals surface area contributed by atoms with E-state index in [0.717, 1.165) is 21.7 Å². The molecule has 10 heteroatoms. The minimum Gasteiger partial charge on any atom is -0.391 e. The number of β-amino-alcohol motifs (C(OH)–C–C–N with tert-alkyl or cyclic N) is 1. The molecule has 4 rings (SSSR count). The highest BCUT2D eigenvalue weighted by atomic mass is 32.1. The Balaban J connectivity index is 1.58. The summed E-state index contributed by atoms with van der Waals surface area (Å²) in [6, 6.07) is 6.09. The first-order chi connectivity index (χ1) is 20.5. The second-order valence-corrected chi connectivity index (χ2v) is 15.3. The first kappa shape index (κ1) is 33.5. The average molecular weight is 621 g/mol. The number of carbonyl (C=O) groups is 4. The van der Waals surface area contributed by atoms with Gasteiger partial charge in [-0.05, 0) is 23.5 Å². The molecule has 2 fully saturated rings. The Bertz CT molecular complexity index is 1460. The number of hydrogen-bond acceptors (Lipinski definition) is 7. The molecule has 2 heterocycles. The van der Waals surface area contributed by atoms with E-state index in [1.165, 1.54) is 4.90 Å². The number of nitrogens with one attached hydrogen (secondary N) is 1. The van der Waals surface area contributed by atoms with Gasteiger partial charge in [0.2, 0.25) is 17.6 Å². The van der Waals surface area contributed by atoms with Crippen LogP contribution < -0.4 is 5.32 Å². The summed E-state index contributed by atoms with van der Waals surface area (Å²) < 4.78 is 0. The van der Waals surface area contributed by atoms with Crippen molar-refractivity contribution in [1.82, 2.24) is 15.2 Å². The predicted molar refractivity (Wildman–Crippen MR) is 170 cm³/mol. The van der Waals surface area contributed by atoms with Gasteiger partial charge in [-0.15, -0.1) is 11.3 Å². The molecule has 1 aromatic carbocycles. The van der Waals surface area contributed by atoms with Crippen LogP contribution in [0.4, 0.5) is 0 Å². The minimum absolute atomic E-state index is 0.0234. The van der Waals surface area contributed by atoms with E-state index >= 15 is 0 Å². The van der Waals surface area contributed by atoms with Gasteiger partial charge in [0.1, 0.15) is 11.8 Å². The van der Waals surface area contributed by atoms with E-state index in [2.05, 4.69) is 15.1 Å². The number of aliphatic hydroxyl groups is 1. The van der Waals surface area contributed by atoms with Crippen LogP contribution in [0.5, 0.6) is 0 Å². The number of benzene rings is 1. The quantitative estimate of drug-likeness (QED) is 0.347. The molecule has 4 atom stereocenters. The summed E-state index contributed by atoms with van der Waals surface area (Å²) in [5.74, 6) is -1.85. The van der Waals surface area contributed by atoms with Crippen LogP contribution in [0.2, 0.25) is 0 Å². The summed E-state index contributed by atoms with van der Waals surface area (Å²) in [4.78, 5) is 64.4. The first-order valence-corrected chi connectivity index (χ1v) is 16.1. The first-order valence-electron chi connectivity index (χ1n) is 15.2. The van der Waals surface area contributed by atoms with Crippen molar-refractivity contribution in [2.75, 3.05) is 6.54 Å². The second kappa shape index (κ2) is 12.5. The lowest BCUT2D eigenvalue weighted by atomic mass is 9.76. The second-order valence-electron chi connectivity index (χ2n) is 14.4. The number of aromatic nitrogens is 1. The van der Waals surface area contributed by atoms with Gasteiger partial charge < -0.3 is 20.2 Å². The SMILES string of the molecule is [C-]#[N+]C1(C(=O)C[C@H](C(=O)N2C[C@H](O)C[C@H]2C(=O)N[C@@H](CC(=O)C(C)(C)C)c2ccc(-c3scnc3C)cc2)C(C)(C)C)CC1. The molecule has 9 nitrogen and oxygen atoms in total. The zero-order valence-electron chi connectivity index (χ0n) is 26.8. The lowest BCUT2D eigenvalue weighted by Gasteiger charge is -2.35. The number of rotatable bonds is 10. The van der Waals surface area contributed by atoms with Crippen LogP contribution in [0.15, 0.2) is 29.8 Å². The molecule has 236 valence electrons. The Labute approximate surface area is 264 Å². The van der Waals surface area contributed by atoms with Crippen molar-refractivity contribution < 1.29 is 24.3 Å². The van der Waals surface area contributed by atoms with Gasteiger partial charge >= 0.3 is 0 Å². The van der Waals surface area contributed by atoms with Crippen LogP contribution >= 0.6 is 11.3 Å². The largest absolute Gasteiger partial charge is 0.391 e. The molecule has 2 N–H and O–H groups in total. The minimum atomic E-state index is -1.02. The number of likely N-dealkylation sites (tertiary alicyclic amines) is 1. The van der Waals surface area contributed by atoms with Crippen LogP contribution in [-0.2, 0) is 19.2 Å². The fourth-order valence-corrected chi connectivity index (χ4v) is 6.49. The molecule has 0 radical (unpaired) electrons. The molecule has 2 amide bonds. The normalized spacial score (nSPS) is 20.8. The summed E-state index contributed by atoms with van der Waals surface area (Å²) in [6.45, 7) is 20.5. The predicted octanol–water partition coefficient (Wildman–Crippen LogP) is 5.32. The average Bonchev–Trinajstić information content (AvgIpc) is 3.48. The Kier molecular flexibility index (Phi) is 9.53. The molecule has 44 heavy (non-hydrogen) atoms. The van der Waals surface area contributed by atoms with Crippen LogP contribution in [0.1, 0.15) is 90.9 Å². The topological polar surface area (TPSA) is 121 Å². The molecule has 1 aliphatic heterocycles. The molecular weight excluding hydrogens is 576 g/mol. The molecule has 0 unspecified atom stereocenters. The van der Waals surface area contributed by atoms with Crippen LogP contribution in [-0.4, -0.2) is 62.6 Å². The van der Waals surface area contributed by atoms with E-state index in [0.29, 0.717) is 12.8 Å². The molecule has 1 saturated carbocycles. The number of carbonyl (C=O) groups excluding carboxylic acids is 4. The van der Waals surface area contributed by atoms with Gasteiger partial charge in [0.15, 0.2) is 0 Å². The van der Waals surface area contributed by atoms with Gasteiger partial charge in [-0.2, -0.15) is 0 Å². The van der Waals surface area contributed by atoms with E-state index in [1.54, 1.807) is 16.8 Å². The number of amides is 2. The maximum Gasteiger partial charge on any atom is 0.290 e. The number of ketones is 2. The van der Waals surface area contributed by atoms with Crippen molar-refractivity contribution in [2.45, 2.75) is 104 Å². The van der Waals surface area contributed by atoms with Gasteiger partial charge in [0, 0.05) is 44.1 Å². The fourth-order valence-electron chi connectivity index (χ4n) is 5.67. The zero-order valence-corrected chi connectivity index (χ0v) is 27.6. The van der Waals surface area contributed by atoms with E-state index < -0.39 is 46.4 Å². The van der Waals surface area contributed by atoms with Gasteiger partial charge in [-0.1, -0.05) is 65.8 Å². The number of hydrogen-bond donors (Lipinski definition) is 2. The maximum atomic E-state index is 14.0. The molecule has 0 spiro atoms. The highest BCUT2D eigenvalue weighted by molar-refractivity contribution is 7.13. The van der Waals surface area contributed by atoms with Crippen molar-refractivity contribution in [3.8, 4) is 10.4 Å². The van der Waals surface area contributed by atoms with E-state index in [9.17, 15) is 24.3 Å². The van der Waals surface area contributed by atoms with E-state index in [-0.39, 0.29) is 43.3 Å². The summed E-state index contributed by atoms with van der Waals surface area (Å²) in [5.41, 5.74) is 2.21. The third-order valence-electron chi connectivity index (χ3n) is 8.92. The van der Waals surface area contributed by atoms with Crippen molar-refractivity contribution >= 4 is 34.7 Å². The summed E-state index contributed by atoms with van der Waals surface area (Å²) in [6.07, 6.45) is 0.147. The van der Waals surface area contributed by atoms with Crippen LogP contribution in [0, 0.1) is 30.2 Å². The van der Waals surface area contributed by atoms with Crippen LogP contribution in [0.3, 0.4) is 0 Å². The van der Waals surface area contributed by atoms with Crippen molar-refractivity contribution in [1.29, 1.82) is 0 Å². The van der Waals surface area contributed by atoms with E-state index in [1.807, 2.05) is 72.7 Å². The monoisotopic (exact) mass is 620 g/mol. The van der Waals surface area contributed by atoms with Gasteiger partial charge in [0.05, 0.1) is 34.1 Å². The summed E-state index contributed by atoms with van der Waals surface area (Å²) in [5, 5.41) is 13.6. The fraction of sp³-hybridized carbons (Fsp3) is 0.588. The molecular formula is C34H44N4O5S. The molecule has 2 aliphatic rings. The van der Waals surface area contributed by atoms with Crippen molar-refractivity contribution in [2.24, 2.45) is 16.7 Å². The van der Waals surface area contributed by atoms with Crippen LogP contribution in [0.25, 0.3) is 15.3 Å². The smallest absolute Gasteiger partial charge is 0.290 e. The standard InChI is InChI=1S/C34H44N4O5S/c1-20-29(44-19-36-20)22-11-9-21(10-12-22)25(17-27(40)33(5,6)7)37-30(42)26-15-23(39)18-38(26)31(43)24(32(2,3)4)16-28(41)34(35-8)13-14-34/h9-12,19,23-26,39H,13-18H2,1-7H3,(H,37,42)/t23-,24-,25+,26+/m1/s1. The molecule has 1 aromatic heterocycles. The number of Topliss-reactive ketones (excluding diaryl/α,β-unsaturated/α-hetero) is 2. The molecule has 1 aliphatic carbocycles. The Morgan fingerprint density at radius 1 is 1.11 bits per heavy atom. The number of nitrogens with zero attached hydrogens (tertiary/aromatic N) is 3. The van der Waals surface area contributed by atoms with E-state index in [4.69, 9.17) is 6.57 Å². The number of thiazole rings is 1.